The van der Waals surface area contributed by atoms with Gasteiger partial charge in [0, 0.05) is 36.1 Å². The van der Waals surface area contributed by atoms with Crippen LogP contribution >= 0.6 is 0 Å². The second-order valence-electron chi connectivity index (χ2n) is 8.08. The van der Waals surface area contributed by atoms with Crippen molar-refractivity contribution in [2.24, 2.45) is 0 Å². The summed E-state index contributed by atoms with van der Waals surface area (Å²) >= 11 is 0. The maximum atomic E-state index is 5.33. The molecular formula is C24H29N3O. The largest absolute Gasteiger partial charge is 0.504 e. The van der Waals surface area contributed by atoms with Gasteiger partial charge in [0.2, 0.25) is 0 Å². The van der Waals surface area contributed by atoms with Gasteiger partial charge in [-0.05, 0) is 43.5 Å². The van der Waals surface area contributed by atoms with Crippen LogP contribution < -0.4 is 15.5 Å². The second-order valence-corrected chi connectivity index (χ2v) is 8.08. The van der Waals surface area contributed by atoms with Crippen molar-refractivity contribution < 1.29 is 4.74 Å². The Hall–Kier alpha value is -2.72. The molecule has 2 aromatic rings. The van der Waals surface area contributed by atoms with Crippen LogP contribution in [0.4, 0.5) is 5.69 Å². The third-order valence-electron chi connectivity index (χ3n) is 5.76. The topological polar surface area (TPSA) is 36.5 Å². The molecule has 0 fully saturated rings. The van der Waals surface area contributed by atoms with Gasteiger partial charge in [0.05, 0.1) is 25.1 Å². The normalized spacial score (nSPS) is 21.9. The smallest absolute Gasteiger partial charge is 0.0884 e. The lowest BCUT2D eigenvalue weighted by Gasteiger charge is -2.46. The van der Waals surface area contributed by atoms with Gasteiger partial charge in [0.25, 0.3) is 0 Å². The zero-order chi connectivity index (χ0) is 19.7. The summed E-state index contributed by atoms with van der Waals surface area (Å²) in [4.78, 5) is 2.47. The number of hydrogen-bond acceptors (Lipinski definition) is 4. The fraction of sp³-hybridized carbons (Fsp3) is 0.333. The van der Waals surface area contributed by atoms with Gasteiger partial charge >= 0.3 is 0 Å². The molecule has 4 nitrogen and oxygen atoms in total. The first-order valence-electron chi connectivity index (χ1n) is 9.89. The summed E-state index contributed by atoms with van der Waals surface area (Å²) in [7, 11) is 1.71. The predicted molar refractivity (Wildman–Crippen MR) is 116 cm³/mol. The van der Waals surface area contributed by atoms with Gasteiger partial charge in [-0.2, -0.15) is 0 Å². The molecule has 0 amide bonds. The quantitative estimate of drug-likeness (QED) is 0.777. The third kappa shape index (κ3) is 3.40. The van der Waals surface area contributed by atoms with E-state index in [1.807, 2.05) is 6.26 Å². The molecule has 2 aromatic carbocycles. The summed E-state index contributed by atoms with van der Waals surface area (Å²) in [5, 5.41) is 7.09. The van der Waals surface area contributed by atoms with Crippen molar-refractivity contribution in [1.29, 1.82) is 0 Å². The number of benzene rings is 2. The summed E-state index contributed by atoms with van der Waals surface area (Å²) in [6, 6.07) is 17.7. The van der Waals surface area contributed by atoms with E-state index in [2.05, 4.69) is 91.0 Å². The zero-order valence-corrected chi connectivity index (χ0v) is 17.1. The predicted octanol–water partition coefficient (Wildman–Crippen LogP) is 4.40. The van der Waals surface area contributed by atoms with E-state index < -0.39 is 0 Å². The minimum Gasteiger partial charge on any atom is -0.504 e. The Balaban J connectivity index is 1.74. The molecule has 2 N–H and O–H groups in total. The van der Waals surface area contributed by atoms with Crippen LogP contribution in [-0.4, -0.2) is 18.8 Å². The molecule has 1 unspecified atom stereocenters. The zero-order valence-electron chi connectivity index (χ0n) is 17.1. The molecule has 146 valence electrons. The van der Waals surface area contributed by atoms with Crippen LogP contribution in [0.3, 0.4) is 0 Å². The lowest BCUT2D eigenvalue weighted by molar-refractivity contribution is 0.333. The Labute approximate surface area is 167 Å². The highest BCUT2D eigenvalue weighted by molar-refractivity contribution is 5.84. The van der Waals surface area contributed by atoms with Crippen molar-refractivity contribution >= 4 is 11.3 Å². The fourth-order valence-corrected chi connectivity index (χ4v) is 4.05. The Morgan fingerprint density at radius 2 is 1.96 bits per heavy atom. The van der Waals surface area contributed by atoms with Crippen molar-refractivity contribution in [2.45, 2.75) is 45.6 Å². The summed E-state index contributed by atoms with van der Waals surface area (Å²) in [6.07, 6.45) is 3.95. The lowest BCUT2D eigenvalue weighted by Crippen LogP contribution is -2.57. The summed E-state index contributed by atoms with van der Waals surface area (Å²) in [5.74, 6) is 0. The third-order valence-corrected chi connectivity index (χ3v) is 5.76. The molecule has 4 rings (SSSR count). The first-order valence-corrected chi connectivity index (χ1v) is 9.89. The van der Waals surface area contributed by atoms with Gasteiger partial charge in [-0.15, -0.1) is 0 Å². The molecule has 0 aromatic heterocycles. The van der Waals surface area contributed by atoms with E-state index >= 15 is 0 Å². The average Bonchev–Trinajstić information content (AvgIpc) is 3.05. The van der Waals surface area contributed by atoms with Crippen LogP contribution in [0, 0.1) is 0 Å². The molecule has 0 aliphatic carbocycles. The highest BCUT2D eigenvalue weighted by atomic mass is 16.5. The Bertz CT molecular complexity index is 915. The molecule has 0 spiro atoms. The lowest BCUT2D eigenvalue weighted by atomic mass is 9.93. The number of ether oxygens (including phenoxy) is 1. The van der Waals surface area contributed by atoms with Crippen molar-refractivity contribution in [3.63, 3.8) is 0 Å². The van der Waals surface area contributed by atoms with Crippen LogP contribution in [0.1, 0.15) is 37.5 Å². The first-order chi connectivity index (χ1) is 13.5. The molecule has 0 bridgehead atoms. The molecule has 0 saturated carbocycles. The highest BCUT2D eigenvalue weighted by Gasteiger charge is 2.33. The van der Waals surface area contributed by atoms with E-state index in [0.29, 0.717) is 0 Å². The van der Waals surface area contributed by atoms with Gasteiger partial charge in [0.15, 0.2) is 0 Å². The monoisotopic (exact) mass is 375 g/mol. The van der Waals surface area contributed by atoms with Gasteiger partial charge in [0.1, 0.15) is 0 Å². The van der Waals surface area contributed by atoms with Gasteiger partial charge in [-0.3, -0.25) is 5.32 Å². The van der Waals surface area contributed by atoms with Crippen LogP contribution in [0.5, 0.6) is 0 Å². The van der Waals surface area contributed by atoms with Crippen LogP contribution in [0.25, 0.3) is 5.57 Å². The van der Waals surface area contributed by atoms with Crippen LogP contribution in [-0.2, 0) is 17.8 Å². The van der Waals surface area contributed by atoms with Gasteiger partial charge < -0.3 is 15.0 Å². The molecule has 28 heavy (non-hydrogen) atoms. The summed E-state index contributed by atoms with van der Waals surface area (Å²) in [5.41, 5.74) is 7.42. The summed E-state index contributed by atoms with van der Waals surface area (Å²) in [6.45, 7) is 8.40. The standard InChI is InChI=1S/C24H29N3O/c1-17-22(16-28-4)21(14-25-17)19-10-11-20-13-26-24(2,3)27(23(20)12-19)15-18-8-6-5-7-9-18/h5-12,14,16-17,25-26H,13,15H2,1-4H3/b22-16-. The van der Waals surface area contributed by atoms with E-state index in [-0.39, 0.29) is 11.7 Å². The number of nitrogens with zero attached hydrogens (tertiary/aromatic N) is 1. The maximum Gasteiger partial charge on any atom is 0.0884 e. The molecule has 2 heterocycles. The maximum absolute atomic E-state index is 5.33. The van der Waals surface area contributed by atoms with Crippen LogP contribution in [0.2, 0.25) is 0 Å². The van der Waals surface area contributed by atoms with Crippen LogP contribution in [0.15, 0.2) is 66.6 Å². The number of nitrogens with one attached hydrogen (secondary N) is 2. The molecule has 0 radical (unpaired) electrons. The molecule has 0 saturated heterocycles. The second kappa shape index (κ2) is 7.36. The Kier molecular flexibility index (Phi) is 4.90. The van der Waals surface area contributed by atoms with E-state index in [1.54, 1.807) is 7.11 Å². The van der Waals surface area contributed by atoms with Crippen molar-refractivity contribution in [2.75, 3.05) is 12.0 Å². The van der Waals surface area contributed by atoms with Crippen molar-refractivity contribution in [1.82, 2.24) is 10.6 Å². The number of hydrogen-bond donors (Lipinski definition) is 2. The molecule has 2 aliphatic rings. The van der Waals surface area contributed by atoms with Gasteiger partial charge in [-0.25, -0.2) is 0 Å². The Morgan fingerprint density at radius 3 is 2.71 bits per heavy atom. The minimum atomic E-state index is -0.123. The van der Waals surface area contributed by atoms with Crippen molar-refractivity contribution in [3.05, 3.63) is 83.3 Å². The number of rotatable bonds is 4. The number of methoxy groups -OCH3 is 1. The van der Waals surface area contributed by atoms with Gasteiger partial charge in [-0.1, -0.05) is 42.5 Å². The summed E-state index contributed by atoms with van der Waals surface area (Å²) < 4.78 is 5.33. The molecule has 4 heteroatoms. The first kappa shape index (κ1) is 18.6. The minimum absolute atomic E-state index is 0.123. The number of anilines is 1. The molecule has 1 atom stereocenters. The average molecular weight is 376 g/mol. The molecular weight excluding hydrogens is 346 g/mol. The number of fused-ring (bicyclic) bond motifs is 1. The SMILES string of the molecule is CO/C=C1\C(c2ccc3c(c2)N(Cc2ccccc2)C(C)(C)NC3)=CNC1C. The van der Waals surface area contributed by atoms with E-state index in [0.717, 1.165) is 13.1 Å². The van der Waals surface area contributed by atoms with E-state index in [1.165, 1.54) is 33.5 Å². The van der Waals surface area contributed by atoms with E-state index in [9.17, 15) is 0 Å². The van der Waals surface area contributed by atoms with E-state index in [4.69, 9.17) is 4.74 Å². The molecule has 2 aliphatic heterocycles. The van der Waals surface area contributed by atoms with Crippen molar-refractivity contribution in [3.8, 4) is 0 Å². The Morgan fingerprint density at radius 1 is 1.18 bits per heavy atom. The highest BCUT2D eigenvalue weighted by Crippen LogP contribution is 2.37. The fourth-order valence-electron chi connectivity index (χ4n) is 4.05.